The van der Waals surface area contributed by atoms with Gasteiger partial charge in [-0.05, 0) is 13.0 Å². The molecule has 0 fully saturated rings. The first kappa shape index (κ1) is 15.4. The summed E-state index contributed by atoms with van der Waals surface area (Å²) in [7, 11) is 1.58. The van der Waals surface area contributed by atoms with Crippen LogP contribution in [0, 0.1) is 15.9 Å². The molecular formula is C13H13FN4O4. The molecule has 2 aromatic rings. The molecule has 1 aromatic carbocycles. The summed E-state index contributed by atoms with van der Waals surface area (Å²) in [6, 6.07) is 2.97. The lowest BCUT2D eigenvalue weighted by Crippen LogP contribution is -2.07. The molecule has 0 spiro atoms. The summed E-state index contributed by atoms with van der Waals surface area (Å²) in [6.07, 6.45) is 1.41. The Morgan fingerprint density at radius 3 is 2.91 bits per heavy atom. The zero-order valence-corrected chi connectivity index (χ0v) is 11.9. The van der Waals surface area contributed by atoms with E-state index in [9.17, 15) is 19.3 Å². The summed E-state index contributed by atoms with van der Waals surface area (Å²) < 4.78 is 19.5. The van der Waals surface area contributed by atoms with Crippen molar-refractivity contribution in [1.29, 1.82) is 0 Å². The van der Waals surface area contributed by atoms with E-state index in [0.717, 1.165) is 18.2 Å². The number of aromatic nitrogens is 2. The van der Waals surface area contributed by atoms with Crippen LogP contribution in [-0.2, 0) is 11.8 Å². The fraction of sp³-hybridized carbons (Fsp3) is 0.231. The molecule has 2 rings (SSSR count). The highest BCUT2D eigenvalue weighted by Crippen LogP contribution is 2.29. The molecule has 0 amide bonds. The maximum absolute atomic E-state index is 13.3. The Hall–Kier alpha value is -2.97. The van der Waals surface area contributed by atoms with Gasteiger partial charge in [-0.2, -0.15) is 5.10 Å². The Bertz CT molecular complexity index is 729. The molecule has 8 nitrogen and oxygen atoms in total. The van der Waals surface area contributed by atoms with E-state index in [1.165, 1.54) is 10.9 Å². The number of carbonyl (C=O) groups is 1. The molecule has 0 aliphatic heterocycles. The van der Waals surface area contributed by atoms with Gasteiger partial charge in [-0.3, -0.25) is 14.8 Å². The minimum atomic E-state index is -0.658. The number of nitro groups is 1. The highest BCUT2D eigenvalue weighted by Gasteiger charge is 2.21. The Morgan fingerprint density at radius 1 is 1.55 bits per heavy atom. The molecule has 0 aliphatic carbocycles. The van der Waals surface area contributed by atoms with Crippen molar-refractivity contribution in [3.8, 4) is 0 Å². The molecule has 1 heterocycles. The van der Waals surface area contributed by atoms with Crippen LogP contribution >= 0.6 is 0 Å². The Morgan fingerprint density at radius 2 is 2.27 bits per heavy atom. The summed E-state index contributed by atoms with van der Waals surface area (Å²) >= 11 is 0. The van der Waals surface area contributed by atoms with Crippen LogP contribution in [0.25, 0.3) is 0 Å². The van der Waals surface area contributed by atoms with Gasteiger partial charge in [-0.25, -0.2) is 9.18 Å². The number of aryl methyl sites for hydroxylation is 1. The van der Waals surface area contributed by atoms with Crippen molar-refractivity contribution in [3.63, 3.8) is 0 Å². The molecule has 0 radical (unpaired) electrons. The van der Waals surface area contributed by atoms with Gasteiger partial charge in [-0.15, -0.1) is 0 Å². The summed E-state index contributed by atoms with van der Waals surface area (Å²) in [5, 5.41) is 17.6. The molecule has 0 atom stereocenters. The van der Waals surface area contributed by atoms with Crippen molar-refractivity contribution in [2.75, 3.05) is 11.9 Å². The average Bonchev–Trinajstić information content (AvgIpc) is 2.79. The molecular weight excluding hydrogens is 295 g/mol. The van der Waals surface area contributed by atoms with Gasteiger partial charge in [0.05, 0.1) is 11.5 Å². The maximum Gasteiger partial charge on any atom is 0.343 e. The van der Waals surface area contributed by atoms with Crippen molar-refractivity contribution in [2.45, 2.75) is 6.92 Å². The number of halogens is 1. The fourth-order valence-corrected chi connectivity index (χ4v) is 1.83. The van der Waals surface area contributed by atoms with Crippen LogP contribution in [0.1, 0.15) is 17.3 Å². The molecule has 0 saturated carbocycles. The molecule has 0 saturated heterocycles. The van der Waals surface area contributed by atoms with Crippen LogP contribution in [0.2, 0.25) is 0 Å². The molecule has 9 heteroatoms. The number of nitrogens with one attached hydrogen (secondary N) is 1. The lowest BCUT2D eigenvalue weighted by atomic mass is 10.2. The third-order valence-corrected chi connectivity index (χ3v) is 2.73. The van der Waals surface area contributed by atoms with Crippen molar-refractivity contribution in [1.82, 2.24) is 9.78 Å². The molecule has 0 aliphatic rings. The Balaban J connectivity index is 2.41. The highest BCUT2D eigenvalue weighted by molar-refractivity contribution is 5.95. The first-order valence-electron chi connectivity index (χ1n) is 6.34. The van der Waals surface area contributed by atoms with Gasteiger partial charge in [-0.1, -0.05) is 0 Å². The minimum absolute atomic E-state index is 0.0506. The van der Waals surface area contributed by atoms with Crippen LogP contribution in [0.15, 0.2) is 24.4 Å². The largest absolute Gasteiger partial charge is 0.462 e. The second-order valence-corrected chi connectivity index (χ2v) is 4.33. The number of nitrogens with zero attached hydrogens (tertiary/aromatic N) is 3. The number of esters is 1. The third kappa shape index (κ3) is 3.19. The maximum atomic E-state index is 13.3. The van der Waals surface area contributed by atoms with Crippen LogP contribution in [0.4, 0.5) is 21.6 Å². The Labute approximate surface area is 124 Å². The first-order valence-corrected chi connectivity index (χ1v) is 6.34. The zero-order valence-electron chi connectivity index (χ0n) is 11.9. The summed E-state index contributed by atoms with van der Waals surface area (Å²) in [4.78, 5) is 22.1. The summed E-state index contributed by atoms with van der Waals surface area (Å²) in [5.41, 5.74) is -0.334. The van der Waals surface area contributed by atoms with Crippen LogP contribution in [0.5, 0.6) is 0 Å². The lowest BCUT2D eigenvalue weighted by molar-refractivity contribution is -0.384. The summed E-state index contributed by atoms with van der Waals surface area (Å²) in [6.45, 7) is 1.83. The predicted octanol–water partition coefficient (Wildman–Crippen LogP) is 2.39. The fourth-order valence-electron chi connectivity index (χ4n) is 1.83. The van der Waals surface area contributed by atoms with Gasteiger partial charge in [0.15, 0.2) is 5.82 Å². The molecule has 22 heavy (non-hydrogen) atoms. The van der Waals surface area contributed by atoms with E-state index in [0.29, 0.717) is 0 Å². The minimum Gasteiger partial charge on any atom is -0.462 e. The number of ether oxygens (including phenoxy) is 1. The number of anilines is 2. The zero-order chi connectivity index (χ0) is 16.3. The van der Waals surface area contributed by atoms with Gasteiger partial charge in [0.25, 0.3) is 5.69 Å². The number of nitro benzene ring substituents is 1. The molecule has 1 N–H and O–H groups in total. The number of rotatable bonds is 5. The van der Waals surface area contributed by atoms with E-state index < -0.39 is 16.7 Å². The number of hydrogen-bond donors (Lipinski definition) is 1. The third-order valence-electron chi connectivity index (χ3n) is 2.73. The average molecular weight is 308 g/mol. The normalized spacial score (nSPS) is 10.3. The van der Waals surface area contributed by atoms with Gasteiger partial charge in [0.2, 0.25) is 0 Å². The van der Waals surface area contributed by atoms with Crippen molar-refractivity contribution >= 4 is 23.2 Å². The van der Waals surface area contributed by atoms with Crippen molar-refractivity contribution in [2.24, 2.45) is 7.05 Å². The van der Waals surface area contributed by atoms with Crippen molar-refractivity contribution in [3.05, 3.63) is 45.9 Å². The van der Waals surface area contributed by atoms with E-state index in [4.69, 9.17) is 4.74 Å². The second kappa shape index (κ2) is 6.20. The van der Waals surface area contributed by atoms with E-state index in [1.54, 1.807) is 14.0 Å². The molecule has 1 aromatic heterocycles. The van der Waals surface area contributed by atoms with Crippen molar-refractivity contribution < 1.29 is 18.8 Å². The quantitative estimate of drug-likeness (QED) is 0.517. The number of carbonyl (C=O) groups excluding carboxylic acids is 1. The SMILES string of the molecule is CCOC(=O)c1cn(C)nc1Nc1cc(F)ccc1[N+](=O)[O-]. The topological polar surface area (TPSA) is 99.3 Å². The second-order valence-electron chi connectivity index (χ2n) is 4.33. The number of hydrogen-bond acceptors (Lipinski definition) is 6. The lowest BCUT2D eigenvalue weighted by Gasteiger charge is -2.06. The molecule has 0 unspecified atom stereocenters. The summed E-state index contributed by atoms with van der Waals surface area (Å²) in [5.74, 6) is -1.23. The van der Waals surface area contributed by atoms with Crippen LogP contribution < -0.4 is 5.32 Å². The van der Waals surface area contributed by atoms with E-state index in [2.05, 4.69) is 10.4 Å². The first-order chi connectivity index (χ1) is 10.4. The van der Waals surface area contributed by atoms with Crippen LogP contribution in [0.3, 0.4) is 0 Å². The highest BCUT2D eigenvalue weighted by atomic mass is 19.1. The van der Waals surface area contributed by atoms with Gasteiger partial charge >= 0.3 is 5.97 Å². The van der Waals surface area contributed by atoms with Gasteiger partial charge in [0.1, 0.15) is 17.1 Å². The van der Waals surface area contributed by atoms with Gasteiger partial charge in [0, 0.05) is 25.4 Å². The monoisotopic (exact) mass is 308 g/mol. The molecule has 0 bridgehead atoms. The van der Waals surface area contributed by atoms with Crippen LogP contribution in [-0.4, -0.2) is 27.3 Å². The van der Waals surface area contributed by atoms with E-state index >= 15 is 0 Å². The van der Waals surface area contributed by atoms with Gasteiger partial charge < -0.3 is 10.1 Å². The Kier molecular flexibility index (Phi) is 4.35. The smallest absolute Gasteiger partial charge is 0.343 e. The number of benzene rings is 1. The van der Waals surface area contributed by atoms with E-state index in [-0.39, 0.29) is 29.4 Å². The predicted molar refractivity (Wildman–Crippen MR) is 75.5 cm³/mol. The molecule has 116 valence electrons. The standard InChI is InChI=1S/C13H13FN4O4/c1-3-22-13(19)9-7-17(2)16-12(9)15-10-6-8(14)4-5-11(10)18(20)21/h4-7H,3H2,1-2H3,(H,15,16). The van der Waals surface area contributed by atoms with E-state index in [1.807, 2.05) is 0 Å².